The van der Waals surface area contributed by atoms with Crippen LogP contribution < -0.4 is 14.8 Å². The number of benzene rings is 2. The van der Waals surface area contributed by atoms with Gasteiger partial charge >= 0.3 is 0 Å². The van der Waals surface area contributed by atoms with Crippen molar-refractivity contribution in [1.82, 2.24) is 0 Å². The van der Waals surface area contributed by atoms with E-state index in [1.54, 1.807) is 32.4 Å². The fourth-order valence-corrected chi connectivity index (χ4v) is 2.48. The summed E-state index contributed by atoms with van der Waals surface area (Å²) >= 11 is 0. The van der Waals surface area contributed by atoms with Crippen molar-refractivity contribution in [1.29, 1.82) is 0 Å². The number of amides is 1. The van der Waals surface area contributed by atoms with Crippen LogP contribution in [0.5, 0.6) is 11.5 Å². The number of aryl methyl sites for hydroxylation is 1. The van der Waals surface area contributed by atoms with Gasteiger partial charge in [0.05, 0.1) is 19.9 Å². The van der Waals surface area contributed by atoms with Gasteiger partial charge in [0.15, 0.2) is 5.76 Å². The maximum atomic E-state index is 12.6. The molecule has 0 aliphatic rings. The summed E-state index contributed by atoms with van der Waals surface area (Å²) in [5, 5.41) is 3.74. The van der Waals surface area contributed by atoms with Gasteiger partial charge in [-0.3, -0.25) is 4.79 Å². The molecule has 23 heavy (non-hydrogen) atoms. The Labute approximate surface area is 133 Å². The van der Waals surface area contributed by atoms with Crippen LogP contribution >= 0.6 is 0 Å². The quantitative estimate of drug-likeness (QED) is 0.791. The summed E-state index contributed by atoms with van der Waals surface area (Å²) in [6, 6.07) is 12.8. The van der Waals surface area contributed by atoms with Gasteiger partial charge in [-0.1, -0.05) is 18.2 Å². The monoisotopic (exact) mass is 311 g/mol. The Hall–Kier alpha value is -2.95. The van der Waals surface area contributed by atoms with Gasteiger partial charge in [0.1, 0.15) is 17.1 Å². The van der Waals surface area contributed by atoms with Crippen molar-refractivity contribution in [3.63, 3.8) is 0 Å². The van der Waals surface area contributed by atoms with Crippen LogP contribution in [0.25, 0.3) is 11.0 Å². The highest BCUT2D eigenvalue weighted by molar-refractivity contribution is 6.07. The zero-order valence-electron chi connectivity index (χ0n) is 13.2. The summed E-state index contributed by atoms with van der Waals surface area (Å²) in [4.78, 5) is 12.6. The van der Waals surface area contributed by atoms with Crippen molar-refractivity contribution >= 4 is 22.6 Å². The molecule has 0 spiro atoms. The number of hydrogen-bond acceptors (Lipinski definition) is 4. The lowest BCUT2D eigenvalue weighted by atomic mass is 10.1. The number of para-hydroxylation sites is 1. The Bertz CT molecular complexity index is 867. The van der Waals surface area contributed by atoms with E-state index in [4.69, 9.17) is 13.9 Å². The van der Waals surface area contributed by atoms with E-state index in [2.05, 4.69) is 5.32 Å². The Balaban J connectivity index is 1.96. The number of hydrogen-bond donors (Lipinski definition) is 1. The van der Waals surface area contributed by atoms with E-state index in [0.29, 0.717) is 22.8 Å². The number of carbonyl (C=O) groups is 1. The van der Waals surface area contributed by atoms with E-state index in [9.17, 15) is 4.79 Å². The fourth-order valence-electron chi connectivity index (χ4n) is 2.48. The first-order valence-corrected chi connectivity index (χ1v) is 7.15. The summed E-state index contributed by atoms with van der Waals surface area (Å²) in [7, 11) is 3.11. The van der Waals surface area contributed by atoms with Gasteiger partial charge < -0.3 is 19.2 Å². The van der Waals surface area contributed by atoms with Crippen molar-refractivity contribution in [2.45, 2.75) is 6.92 Å². The SMILES string of the molecule is COc1ccc(OC)c(NC(=O)c2oc3ccccc3c2C)c1. The molecule has 1 heterocycles. The number of methoxy groups -OCH3 is 2. The average molecular weight is 311 g/mol. The lowest BCUT2D eigenvalue weighted by Gasteiger charge is -2.11. The lowest BCUT2D eigenvalue weighted by Crippen LogP contribution is -2.13. The van der Waals surface area contributed by atoms with E-state index in [1.165, 1.54) is 0 Å². The molecule has 0 unspecified atom stereocenters. The molecule has 0 fully saturated rings. The van der Waals surface area contributed by atoms with Crippen LogP contribution in [0.1, 0.15) is 16.1 Å². The highest BCUT2D eigenvalue weighted by Crippen LogP contribution is 2.31. The molecule has 5 heteroatoms. The number of nitrogens with one attached hydrogen (secondary N) is 1. The highest BCUT2D eigenvalue weighted by atomic mass is 16.5. The van der Waals surface area contributed by atoms with Crippen LogP contribution in [0.3, 0.4) is 0 Å². The standard InChI is InChI=1S/C18H17NO4/c1-11-13-6-4-5-7-15(13)23-17(11)18(20)19-14-10-12(21-2)8-9-16(14)22-3/h4-10H,1-3H3,(H,19,20). The summed E-state index contributed by atoms with van der Waals surface area (Å²) < 4.78 is 16.1. The topological polar surface area (TPSA) is 60.7 Å². The molecular weight excluding hydrogens is 294 g/mol. The lowest BCUT2D eigenvalue weighted by molar-refractivity contribution is 0.0997. The van der Waals surface area contributed by atoms with Gasteiger partial charge in [-0.2, -0.15) is 0 Å². The molecule has 0 radical (unpaired) electrons. The van der Waals surface area contributed by atoms with Crippen LogP contribution in [0, 0.1) is 6.92 Å². The van der Waals surface area contributed by atoms with Gasteiger partial charge in [0.25, 0.3) is 5.91 Å². The third-order valence-corrected chi connectivity index (χ3v) is 3.70. The van der Waals surface area contributed by atoms with Gasteiger partial charge in [0, 0.05) is 17.0 Å². The molecule has 1 N–H and O–H groups in total. The molecule has 0 saturated heterocycles. The number of anilines is 1. The third kappa shape index (κ3) is 2.73. The molecule has 0 atom stereocenters. The number of fused-ring (bicyclic) bond motifs is 1. The second-order valence-corrected chi connectivity index (χ2v) is 5.07. The minimum atomic E-state index is -0.328. The number of rotatable bonds is 4. The predicted molar refractivity (Wildman–Crippen MR) is 88.5 cm³/mol. The molecule has 2 aromatic carbocycles. The molecule has 0 aliphatic heterocycles. The first kappa shape index (κ1) is 15.0. The zero-order chi connectivity index (χ0) is 16.4. The Morgan fingerprint density at radius 2 is 1.87 bits per heavy atom. The zero-order valence-corrected chi connectivity index (χ0v) is 13.2. The molecular formula is C18H17NO4. The van der Waals surface area contributed by atoms with Crippen LogP contribution in [0.2, 0.25) is 0 Å². The summed E-state index contributed by atoms with van der Waals surface area (Å²) in [5.74, 6) is 1.14. The van der Waals surface area contributed by atoms with Crippen LogP contribution in [0.4, 0.5) is 5.69 Å². The van der Waals surface area contributed by atoms with Crippen LogP contribution in [-0.4, -0.2) is 20.1 Å². The maximum Gasteiger partial charge on any atom is 0.291 e. The summed E-state index contributed by atoms with van der Waals surface area (Å²) in [6.07, 6.45) is 0. The molecule has 1 aromatic heterocycles. The fraction of sp³-hybridized carbons (Fsp3) is 0.167. The van der Waals surface area contributed by atoms with Crippen molar-refractivity contribution in [3.05, 3.63) is 53.8 Å². The van der Waals surface area contributed by atoms with Gasteiger partial charge in [0.2, 0.25) is 0 Å². The molecule has 3 aromatic rings. The van der Waals surface area contributed by atoms with Gasteiger partial charge in [-0.05, 0) is 25.1 Å². The van der Waals surface area contributed by atoms with Gasteiger partial charge in [-0.25, -0.2) is 0 Å². The Kier molecular flexibility index (Phi) is 3.93. The first-order valence-electron chi connectivity index (χ1n) is 7.15. The van der Waals surface area contributed by atoms with E-state index in [0.717, 1.165) is 10.9 Å². The Morgan fingerprint density at radius 3 is 2.57 bits per heavy atom. The second-order valence-electron chi connectivity index (χ2n) is 5.07. The highest BCUT2D eigenvalue weighted by Gasteiger charge is 2.19. The van der Waals surface area contributed by atoms with Crippen LogP contribution in [-0.2, 0) is 0 Å². The molecule has 1 amide bonds. The van der Waals surface area contributed by atoms with E-state index in [-0.39, 0.29) is 11.7 Å². The summed E-state index contributed by atoms with van der Waals surface area (Å²) in [5.41, 5.74) is 2.02. The van der Waals surface area contributed by atoms with E-state index >= 15 is 0 Å². The van der Waals surface area contributed by atoms with Crippen LogP contribution in [0.15, 0.2) is 46.9 Å². The minimum Gasteiger partial charge on any atom is -0.497 e. The normalized spacial score (nSPS) is 10.6. The smallest absolute Gasteiger partial charge is 0.291 e. The second kappa shape index (κ2) is 6.04. The molecule has 5 nitrogen and oxygen atoms in total. The summed E-state index contributed by atoms with van der Waals surface area (Å²) in [6.45, 7) is 1.86. The average Bonchev–Trinajstić information content (AvgIpc) is 2.92. The van der Waals surface area contributed by atoms with E-state index in [1.807, 2.05) is 31.2 Å². The van der Waals surface area contributed by atoms with E-state index < -0.39 is 0 Å². The first-order chi connectivity index (χ1) is 11.1. The molecule has 0 aliphatic carbocycles. The molecule has 0 bridgehead atoms. The van der Waals surface area contributed by atoms with Crippen molar-refractivity contribution in [2.75, 3.05) is 19.5 Å². The van der Waals surface area contributed by atoms with Crippen molar-refractivity contribution in [3.8, 4) is 11.5 Å². The van der Waals surface area contributed by atoms with Crippen molar-refractivity contribution in [2.24, 2.45) is 0 Å². The number of ether oxygens (including phenoxy) is 2. The predicted octanol–water partition coefficient (Wildman–Crippen LogP) is 4.01. The molecule has 118 valence electrons. The third-order valence-electron chi connectivity index (χ3n) is 3.70. The maximum absolute atomic E-state index is 12.6. The van der Waals surface area contributed by atoms with Gasteiger partial charge in [-0.15, -0.1) is 0 Å². The molecule has 0 saturated carbocycles. The number of carbonyl (C=O) groups excluding carboxylic acids is 1. The molecule has 3 rings (SSSR count). The van der Waals surface area contributed by atoms with Crippen molar-refractivity contribution < 1.29 is 18.7 Å². The minimum absolute atomic E-state index is 0.288. The largest absolute Gasteiger partial charge is 0.497 e. The Morgan fingerprint density at radius 1 is 1.09 bits per heavy atom. The number of furan rings is 1.